The van der Waals surface area contributed by atoms with Crippen LogP contribution >= 0.6 is 0 Å². The summed E-state index contributed by atoms with van der Waals surface area (Å²) in [7, 11) is 1.54. The van der Waals surface area contributed by atoms with Crippen LogP contribution in [0.3, 0.4) is 0 Å². The van der Waals surface area contributed by atoms with Crippen LogP contribution in [0.1, 0.15) is 30.1 Å². The monoisotopic (exact) mass is 343 g/mol. The minimum atomic E-state index is -0.1000. The predicted molar refractivity (Wildman–Crippen MR) is 99.6 cm³/mol. The fraction of sp³-hybridized carbons (Fsp3) is 0.333. The maximum atomic E-state index is 12.6. The van der Waals surface area contributed by atoms with Gasteiger partial charge in [-0.3, -0.25) is 9.80 Å². The van der Waals surface area contributed by atoms with Gasteiger partial charge in [-0.25, -0.2) is 5.84 Å². The van der Waals surface area contributed by atoms with E-state index in [0.717, 1.165) is 10.8 Å². The van der Waals surface area contributed by atoms with E-state index < -0.39 is 0 Å². The van der Waals surface area contributed by atoms with Crippen LogP contribution in [0, 0.1) is 0 Å². The number of methoxy groups -OCH3 is 1. The third-order valence-electron chi connectivity index (χ3n) is 3.96. The van der Waals surface area contributed by atoms with Crippen LogP contribution in [-0.2, 0) is 4.74 Å². The van der Waals surface area contributed by atoms with Gasteiger partial charge in [0.05, 0.1) is 0 Å². The summed E-state index contributed by atoms with van der Waals surface area (Å²) in [6.45, 7) is 2.14. The maximum absolute atomic E-state index is 12.6. The smallest absolute Gasteiger partial charge is 0.252 e. The SMILES string of the molecule is COCN(N)/C(CCC(C)NC(=O)c1cccc2ccccc12)=N\N. The third-order valence-corrected chi connectivity index (χ3v) is 3.96. The van der Waals surface area contributed by atoms with Crippen molar-refractivity contribution in [2.24, 2.45) is 16.8 Å². The Kier molecular flexibility index (Phi) is 6.73. The van der Waals surface area contributed by atoms with Gasteiger partial charge in [0.15, 0.2) is 0 Å². The molecule has 1 atom stereocenters. The number of nitrogens with one attached hydrogen (secondary N) is 1. The summed E-state index contributed by atoms with van der Waals surface area (Å²) in [5.41, 5.74) is 0.664. The number of amides is 1. The summed E-state index contributed by atoms with van der Waals surface area (Å²) in [5.74, 6) is 11.6. The van der Waals surface area contributed by atoms with Gasteiger partial charge in [-0.05, 0) is 30.2 Å². The average molecular weight is 343 g/mol. The molecule has 7 heteroatoms. The van der Waals surface area contributed by atoms with E-state index in [0.29, 0.717) is 24.2 Å². The minimum Gasteiger partial charge on any atom is -0.363 e. The first-order chi connectivity index (χ1) is 12.1. The van der Waals surface area contributed by atoms with E-state index in [9.17, 15) is 4.79 Å². The molecule has 0 aliphatic rings. The van der Waals surface area contributed by atoms with Crippen molar-refractivity contribution in [1.29, 1.82) is 0 Å². The molecule has 0 saturated heterocycles. The zero-order chi connectivity index (χ0) is 18.2. The second-order valence-corrected chi connectivity index (χ2v) is 5.87. The van der Waals surface area contributed by atoms with Gasteiger partial charge in [0.1, 0.15) is 12.6 Å². The molecule has 1 unspecified atom stereocenters. The molecular formula is C18H25N5O2. The Hall–Kier alpha value is -2.64. The molecule has 2 aromatic carbocycles. The molecule has 2 aromatic rings. The number of nitrogens with zero attached hydrogens (tertiary/aromatic N) is 2. The first-order valence-electron chi connectivity index (χ1n) is 8.13. The number of nitrogens with two attached hydrogens (primary N) is 2. The Labute approximate surface area is 147 Å². The quantitative estimate of drug-likeness (QED) is 0.234. The number of fused-ring (bicyclic) bond motifs is 1. The molecule has 7 nitrogen and oxygen atoms in total. The number of rotatable bonds is 7. The first kappa shape index (κ1) is 18.7. The van der Waals surface area contributed by atoms with E-state index in [1.165, 1.54) is 5.01 Å². The molecule has 0 bridgehead atoms. The highest BCUT2D eigenvalue weighted by atomic mass is 16.5. The molecule has 0 fully saturated rings. The summed E-state index contributed by atoms with van der Waals surface area (Å²) >= 11 is 0. The lowest BCUT2D eigenvalue weighted by Gasteiger charge is -2.20. The molecule has 0 saturated carbocycles. The van der Waals surface area contributed by atoms with Crippen LogP contribution in [0.4, 0.5) is 0 Å². The normalized spacial score (nSPS) is 12.8. The van der Waals surface area contributed by atoms with Crippen LogP contribution in [-0.4, -0.2) is 36.6 Å². The fourth-order valence-electron chi connectivity index (χ4n) is 2.64. The third kappa shape index (κ3) is 4.91. The highest BCUT2D eigenvalue weighted by Crippen LogP contribution is 2.18. The minimum absolute atomic E-state index is 0.0563. The highest BCUT2D eigenvalue weighted by Gasteiger charge is 2.14. The molecule has 0 aromatic heterocycles. The molecule has 0 aliphatic carbocycles. The van der Waals surface area contributed by atoms with Crippen molar-refractivity contribution in [2.45, 2.75) is 25.8 Å². The number of hydrogen-bond donors (Lipinski definition) is 3. The largest absolute Gasteiger partial charge is 0.363 e. The zero-order valence-corrected chi connectivity index (χ0v) is 14.6. The zero-order valence-electron chi connectivity index (χ0n) is 14.6. The molecule has 0 aliphatic heterocycles. The van der Waals surface area contributed by atoms with Crippen molar-refractivity contribution in [3.05, 3.63) is 48.0 Å². The van der Waals surface area contributed by atoms with Crippen molar-refractivity contribution in [2.75, 3.05) is 13.8 Å². The topological polar surface area (TPSA) is 106 Å². The Balaban J connectivity index is 1.98. The van der Waals surface area contributed by atoms with Gasteiger partial charge in [0, 0.05) is 25.1 Å². The summed E-state index contributed by atoms with van der Waals surface area (Å²) in [4.78, 5) is 12.6. The Morgan fingerprint density at radius 3 is 2.72 bits per heavy atom. The molecular weight excluding hydrogens is 318 g/mol. The number of carbonyl (C=O) groups excluding carboxylic acids is 1. The number of benzene rings is 2. The number of carbonyl (C=O) groups is 1. The van der Waals surface area contributed by atoms with Gasteiger partial charge < -0.3 is 15.9 Å². The van der Waals surface area contributed by atoms with Crippen molar-refractivity contribution < 1.29 is 9.53 Å². The van der Waals surface area contributed by atoms with Gasteiger partial charge >= 0.3 is 0 Å². The summed E-state index contributed by atoms with van der Waals surface area (Å²) in [6.07, 6.45) is 1.19. The predicted octanol–water partition coefficient (Wildman–Crippen LogP) is 1.79. The average Bonchev–Trinajstić information content (AvgIpc) is 2.62. The summed E-state index contributed by atoms with van der Waals surface area (Å²) < 4.78 is 4.95. The Morgan fingerprint density at radius 2 is 2.00 bits per heavy atom. The Bertz CT molecular complexity index is 742. The molecule has 25 heavy (non-hydrogen) atoms. The van der Waals surface area contributed by atoms with Crippen LogP contribution in [0.15, 0.2) is 47.6 Å². The Morgan fingerprint density at radius 1 is 1.28 bits per heavy atom. The van der Waals surface area contributed by atoms with Crippen LogP contribution in [0.25, 0.3) is 10.8 Å². The number of hydrazine groups is 1. The molecule has 1 amide bonds. The highest BCUT2D eigenvalue weighted by molar-refractivity contribution is 6.07. The van der Waals surface area contributed by atoms with Crippen LogP contribution < -0.4 is 17.0 Å². The van der Waals surface area contributed by atoms with Gasteiger partial charge in [0.25, 0.3) is 5.91 Å². The summed E-state index contributed by atoms with van der Waals surface area (Å²) in [5, 5.41) is 10.0. The maximum Gasteiger partial charge on any atom is 0.252 e. The van der Waals surface area contributed by atoms with E-state index >= 15 is 0 Å². The number of hydrogen-bond acceptors (Lipinski definition) is 5. The standard InChI is InChI=1S/C18H25N5O2/c1-13(10-11-17(22-19)23(20)12-25-2)21-18(24)16-9-5-7-14-6-3-4-8-15(14)16/h3-9,13H,10-12,19-20H2,1-2H3,(H,21,24)/b22-17-. The van der Waals surface area contributed by atoms with E-state index in [1.807, 2.05) is 49.4 Å². The van der Waals surface area contributed by atoms with Crippen LogP contribution in [0.2, 0.25) is 0 Å². The molecule has 0 radical (unpaired) electrons. The molecule has 0 heterocycles. The van der Waals surface area contributed by atoms with Crippen molar-refractivity contribution in [3.63, 3.8) is 0 Å². The molecule has 134 valence electrons. The first-order valence-corrected chi connectivity index (χ1v) is 8.13. The van der Waals surface area contributed by atoms with Crippen molar-refractivity contribution >= 4 is 22.5 Å². The lowest BCUT2D eigenvalue weighted by atomic mass is 10.0. The molecule has 0 spiro atoms. The van der Waals surface area contributed by atoms with E-state index in [4.69, 9.17) is 16.4 Å². The number of amidine groups is 1. The van der Waals surface area contributed by atoms with E-state index in [-0.39, 0.29) is 18.7 Å². The second kappa shape index (κ2) is 9.00. The van der Waals surface area contributed by atoms with E-state index in [1.54, 1.807) is 7.11 Å². The lowest BCUT2D eigenvalue weighted by molar-refractivity contribution is 0.0938. The second-order valence-electron chi connectivity index (χ2n) is 5.87. The van der Waals surface area contributed by atoms with Crippen molar-refractivity contribution in [3.8, 4) is 0 Å². The fourth-order valence-corrected chi connectivity index (χ4v) is 2.64. The van der Waals surface area contributed by atoms with Gasteiger partial charge in [-0.1, -0.05) is 36.4 Å². The molecule has 5 N–H and O–H groups in total. The lowest BCUT2D eigenvalue weighted by Crippen LogP contribution is -2.41. The van der Waals surface area contributed by atoms with Gasteiger partial charge in [0.2, 0.25) is 0 Å². The summed E-state index contributed by atoms with van der Waals surface area (Å²) in [6, 6.07) is 13.5. The van der Waals surface area contributed by atoms with Gasteiger partial charge in [-0.15, -0.1) is 0 Å². The van der Waals surface area contributed by atoms with Gasteiger partial charge in [-0.2, -0.15) is 5.10 Å². The molecule has 2 rings (SSSR count). The van der Waals surface area contributed by atoms with Crippen LogP contribution in [0.5, 0.6) is 0 Å². The van der Waals surface area contributed by atoms with Crippen molar-refractivity contribution in [1.82, 2.24) is 10.3 Å². The number of hydrazone groups is 1. The number of ether oxygens (including phenoxy) is 1. The van der Waals surface area contributed by atoms with E-state index in [2.05, 4.69) is 10.4 Å².